The maximum atomic E-state index is 3.15. The van der Waals surface area contributed by atoms with E-state index in [0.29, 0.717) is 0 Å². The van der Waals surface area contributed by atoms with Crippen molar-refractivity contribution in [3.8, 4) is 11.8 Å². The Morgan fingerprint density at radius 3 is 2.76 bits per heavy atom. The van der Waals surface area contributed by atoms with Crippen molar-refractivity contribution in [3.05, 3.63) is 71.9 Å². The Morgan fingerprint density at radius 2 is 1.94 bits per heavy atom. The normalized spacial score (nSPS) is 15.2. The quantitative estimate of drug-likeness (QED) is 0.476. The first-order valence-corrected chi connectivity index (χ1v) is 5.90. The fraction of sp³-hybridized carbons (Fsp3) is 0.176. The molecule has 0 N–H and O–H groups in total. The highest BCUT2D eigenvalue weighted by Crippen LogP contribution is 2.01. The van der Waals surface area contributed by atoms with Crippen LogP contribution in [0.3, 0.4) is 0 Å². The highest BCUT2D eigenvalue weighted by molar-refractivity contribution is 5.46. The first-order valence-electron chi connectivity index (χ1n) is 5.90. The molecule has 0 fully saturated rings. The zero-order chi connectivity index (χ0) is 12.3. The molecule has 0 saturated carbocycles. The first-order chi connectivity index (χ1) is 8.33. The summed E-state index contributed by atoms with van der Waals surface area (Å²) >= 11 is 0. The third-order valence-corrected chi connectivity index (χ3v) is 2.12. The predicted octanol–water partition coefficient (Wildman–Crippen LogP) is 4.51. The summed E-state index contributed by atoms with van der Waals surface area (Å²) in [4.78, 5) is 0. The Bertz CT molecular complexity index is 466. The lowest BCUT2D eigenvalue weighted by Crippen LogP contribution is -1.74. The second-order valence-corrected chi connectivity index (χ2v) is 3.69. The van der Waals surface area contributed by atoms with E-state index < -0.39 is 0 Å². The van der Waals surface area contributed by atoms with Crippen LogP contribution in [0.4, 0.5) is 0 Å². The fourth-order valence-corrected chi connectivity index (χ4v) is 1.21. The van der Waals surface area contributed by atoms with E-state index in [-0.39, 0.29) is 0 Å². The van der Waals surface area contributed by atoms with Crippen molar-refractivity contribution in [3.63, 3.8) is 0 Å². The highest BCUT2D eigenvalue weighted by atomic mass is 13.9. The smallest absolute Gasteiger partial charge is 0.0248 e. The van der Waals surface area contributed by atoms with Crippen LogP contribution < -0.4 is 0 Å². The fourth-order valence-electron chi connectivity index (χ4n) is 1.21. The minimum absolute atomic E-state index is 1.03. The van der Waals surface area contributed by atoms with Gasteiger partial charge in [0.2, 0.25) is 0 Å². The maximum Gasteiger partial charge on any atom is 0.0248 e. The Balaban J connectivity index is 2.71. The molecule has 1 aliphatic carbocycles. The van der Waals surface area contributed by atoms with Gasteiger partial charge in [-0.05, 0) is 31.1 Å². The van der Waals surface area contributed by atoms with Crippen LogP contribution in [0, 0.1) is 11.8 Å². The molecular formula is C17H18. The summed E-state index contributed by atoms with van der Waals surface area (Å²) in [5, 5.41) is 0. The lowest BCUT2D eigenvalue weighted by atomic mass is 10.1. The number of hydrogen-bond acceptors (Lipinski definition) is 0. The minimum atomic E-state index is 1.03. The van der Waals surface area contributed by atoms with Crippen molar-refractivity contribution in [1.29, 1.82) is 0 Å². The zero-order valence-corrected chi connectivity index (χ0v) is 10.5. The summed E-state index contributed by atoms with van der Waals surface area (Å²) in [6.07, 6.45) is 21.3. The van der Waals surface area contributed by atoms with E-state index in [9.17, 15) is 0 Å². The van der Waals surface area contributed by atoms with E-state index in [0.717, 1.165) is 17.6 Å². The average molecular weight is 222 g/mol. The standard InChI is InChI=1S/C17H18/c1-3-4-8-11-16(2)14-15-17-12-9-6-5-7-10-13-17/h4-13H,3H2,1-2H3. The molecule has 0 aromatic carbocycles. The molecule has 0 unspecified atom stereocenters. The molecule has 0 heteroatoms. The third-order valence-electron chi connectivity index (χ3n) is 2.12. The van der Waals surface area contributed by atoms with E-state index in [1.165, 1.54) is 0 Å². The van der Waals surface area contributed by atoms with Crippen molar-refractivity contribution >= 4 is 0 Å². The lowest BCUT2D eigenvalue weighted by molar-refractivity contribution is 1.22. The number of rotatable bonds is 2. The maximum absolute atomic E-state index is 3.15. The van der Waals surface area contributed by atoms with Gasteiger partial charge >= 0.3 is 0 Å². The summed E-state index contributed by atoms with van der Waals surface area (Å²) < 4.78 is 0. The second kappa shape index (κ2) is 8.19. The van der Waals surface area contributed by atoms with Crippen LogP contribution in [0.15, 0.2) is 71.9 Å². The second-order valence-electron chi connectivity index (χ2n) is 3.69. The van der Waals surface area contributed by atoms with Gasteiger partial charge in [-0.15, -0.1) is 0 Å². The SMILES string of the molecule is CCC=CC=C(C)C#CC1=CC=CC=CC=C1. The van der Waals surface area contributed by atoms with Crippen LogP contribution >= 0.6 is 0 Å². The van der Waals surface area contributed by atoms with Gasteiger partial charge in [-0.3, -0.25) is 0 Å². The Hall–Kier alpha value is -2.00. The Kier molecular flexibility index (Phi) is 6.29. The van der Waals surface area contributed by atoms with Crippen LogP contribution in [-0.2, 0) is 0 Å². The molecule has 1 rings (SSSR count). The van der Waals surface area contributed by atoms with Gasteiger partial charge in [0.15, 0.2) is 0 Å². The highest BCUT2D eigenvalue weighted by Gasteiger charge is 1.85. The van der Waals surface area contributed by atoms with Gasteiger partial charge < -0.3 is 0 Å². The lowest BCUT2D eigenvalue weighted by Gasteiger charge is -1.90. The number of allylic oxidation sites excluding steroid dienone is 12. The summed E-state index contributed by atoms with van der Waals surface area (Å²) in [5.74, 6) is 6.29. The van der Waals surface area contributed by atoms with Crippen molar-refractivity contribution < 1.29 is 0 Å². The molecule has 86 valence electrons. The van der Waals surface area contributed by atoms with Crippen molar-refractivity contribution in [1.82, 2.24) is 0 Å². The third kappa shape index (κ3) is 6.22. The van der Waals surface area contributed by atoms with E-state index >= 15 is 0 Å². The van der Waals surface area contributed by atoms with Crippen LogP contribution in [0.5, 0.6) is 0 Å². The van der Waals surface area contributed by atoms with Crippen molar-refractivity contribution in [2.75, 3.05) is 0 Å². The molecule has 0 aliphatic heterocycles. The monoisotopic (exact) mass is 222 g/mol. The van der Waals surface area contributed by atoms with E-state index in [2.05, 4.69) is 30.9 Å². The van der Waals surface area contributed by atoms with Gasteiger partial charge in [0.1, 0.15) is 0 Å². The van der Waals surface area contributed by atoms with Gasteiger partial charge in [0.25, 0.3) is 0 Å². The molecule has 0 saturated heterocycles. The minimum Gasteiger partial charge on any atom is -0.0848 e. The van der Waals surface area contributed by atoms with Gasteiger partial charge in [0.05, 0.1) is 0 Å². The molecule has 0 heterocycles. The van der Waals surface area contributed by atoms with Gasteiger partial charge in [-0.2, -0.15) is 0 Å². The molecule has 0 atom stereocenters. The van der Waals surface area contributed by atoms with Gasteiger partial charge in [-0.1, -0.05) is 67.4 Å². The predicted molar refractivity (Wildman–Crippen MR) is 76.5 cm³/mol. The largest absolute Gasteiger partial charge is 0.0848 e. The summed E-state index contributed by atoms with van der Waals surface area (Å²) in [7, 11) is 0. The summed E-state index contributed by atoms with van der Waals surface area (Å²) in [6, 6.07) is 0. The van der Waals surface area contributed by atoms with Crippen LogP contribution in [0.25, 0.3) is 0 Å². The van der Waals surface area contributed by atoms with Crippen LogP contribution in [0.2, 0.25) is 0 Å². The van der Waals surface area contributed by atoms with Crippen molar-refractivity contribution in [2.45, 2.75) is 20.3 Å². The molecule has 1 aliphatic rings. The summed E-state index contributed by atoms with van der Waals surface area (Å²) in [5.41, 5.74) is 2.10. The summed E-state index contributed by atoms with van der Waals surface area (Å²) in [6.45, 7) is 4.14. The molecule has 0 nitrogen and oxygen atoms in total. The molecule has 0 amide bonds. The van der Waals surface area contributed by atoms with E-state index in [4.69, 9.17) is 0 Å². The molecule has 17 heavy (non-hydrogen) atoms. The Morgan fingerprint density at radius 1 is 1.18 bits per heavy atom. The van der Waals surface area contributed by atoms with E-state index in [1.54, 1.807) is 0 Å². The molecule has 0 aromatic heterocycles. The Labute approximate surface area is 104 Å². The molecular weight excluding hydrogens is 204 g/mol. The average Bonchev–Trinajstić information content (AvgIpc) is 2.28. The molecule has 0 spiro atoms. The van der Waals surface area contributed by atoms with E-state index in [1.807, 2.05) is 55.5 Å². The topological polar surface area (TPSA) is 0 Å². The van der Waals surface area contributed by atoms with Crippen LogP contribution in [-0.4, -0.2) is 0 Å². The van der Waals surface area contributed by atoms with Gasteiger partial charge in [-0.25, -0.2) is 0 Å². The van der Waals surface area contributed by atoms with Gasteiger partial charge in [0, 0.05) is 5.57 Å². The molecule has 0 aromatic rings. The molecule has 0 radical (unpaired) electrons. The zero-order valence-electron chi connectivity index (χ0n) is 10.5. The molecule has 0 bridgehead atoms. The first kappa shape index (κ1) is 13.1. The number of hydrogen-bond donors (Lipinski definition) is 0. The van der Waals surface area contributed by atoms with Crippen molar-refractivity contribution in [2.24, 2.45) is 0 Å². The van der Waals surface area contributed by atoms with Crippen LogP contribution in [0.1, 0.15) is 20.3 Å².